The van der Waals surface area contributed by atoms with Crippen LogP contribution in [-0.2, 0) is 33.9 Å². The van der Waals surface area contributed by atoms with E-state index in [0.29, 0.717) is 19.5 Å². The normalized spacial score (nSPS) is 28.1. The zero-order valence-electron chi connectivity index (χ0n) is 18.0. The topological polar surface area (TPSA) is 181 Å². The van der Waals surface area contributed by atoms with Crippen LogP contribution in [0.25, 0.3) is 0 Å². The number of nitrogens with zero attached hydrogens (tertiary/aromatic N) is 2. The molecule has 3 rings (SSSR count). The first-order valence-electron chi connectivity index (χ1n) is 10.7. The van der Waals surface area contributed by atoms with Gasteiger partial charge in [-0.25, -0.2) is 0 Å². The molecule has 3 heterocycles. The Morgan fingerprint density at radius 3 is 2.41 bits per heavy atom. The van der Waals surface area contributed by atoms with Crippen LogP contribution in [0.15, 0.2) is 0 Å². The summed E-state index contributed by atoms with van der Waals surface area (Å²) in [6, 6.07) is -0.167. The molecule has 3 fully saturated rings. The van der Waals surface area contributed by atoms with Gasteiger partial charge in [0, 0.05) is 45.0 Å². The van der Waals surface area contributed by atoms with E-state index in [2.05, 4.69) is 10.6 Å². The number of hydrogen-bond donors (Lipinski definition) is 4. The number of rotatable bonds is 9. The Hall–Kier alpha value is -1.78. The van der Waals surface area contributed by atoms with Crippen molar-refractivity contribution in [1.82, 2.24) is 19.2 Å². The summed E-state index contributed by atoms with van der Waals surface area (Å²) in [5.74, 6) is -3.06. The maximum absolute atomic E-state index is 13.2. The highest BCUT2D eigenvalue weighted by Gasteiger charge is 2.54. The molecule has 0 aliphatic carbocycles. The maximum Gasteiger partial charge on any atom is 0.598 e. The minimum Gasteiger partial charge on any atom is -0.498 e. The Bertz CT molecular complexity index is 823. The third-order valence-electron chi connectivity index (χ3n) is 6.15. The van der Waals surface area contributed by atoms with Crippen LogP contribution in [0.2, 0.25) is 6.32 Å². The van der Waals surface area contributed by atoms with Crippen molar-refractivity contribution in [3.05, 3.63) is 0 Å². The maximum atomic E-state index is 13.2. The zero-order chi connectivity index (χ0) is 23.5. The Balaban J connectivity index is 1.65. The number of carboxylic acids is 1. The molecule has 0 spiro atoms. The van der Waals surface area contributed by atoms with Gasteiger partial charge in [-0.05, 0) is 6.42 Å². The number of carbonyl (C=O) groups is 3. The lowest BCUT2D eigenvalue weighted by molar-refractivity contribution is -0.144. The van der Waals surface area contributed by atoms with Gasteiger partial charge in [0.2, 0.25) is 0 Å². The largest absolute Gasteiger partial charge is 0.598 e. The Labute approximate surface area is 187 Å². The van der Waals surface area contributed by atoms with E-state index in [9.17, 15) is 27.9 Å². The zero-order valence-corrected chi connectivity index (χ0v) is 18.8. The predicted octanol–water partition coefficient (Wildman–Crippen LogP) is -2.80. The monoisotopic (exact) mass is 475 g/mol. The molecule has 13 nitrogen and oxygen atoms in total. The summed E-state index contributed by atoms with van der Waals surface area (Å²) in [5, 5.41) is 15.4. The molecule has 0 amide bonds. The van der Waals surface area contributed by atoms with E-state index in [1.807, 2.05) is 0 Å². The highest BCUT2D eigenvalue weighted by Crippen LogP contribution is 2.33. The summed E-state index contributed by atoms with van der Waals surface area (Å²) in [6.07, 6.45) is 0.745. The first-order chi connectivity index (χ1) is 15.1. The summed E-state index contributed by atoms with van der Waals surface area (Å²) in [7, 11) is -4.95. The molecule has 32 heavy (non-hydrogen) atoms. The van der Waals surface area contributed by atoms with Crippen LogP contribution in [0.1, 0.15) is 19.8 Å². The molecule has 180 valence electrons. The molecule has 3 aliphatic heterocycles. The van der Waals surface area contributed by atoms with Gasteiger partial charge in [-0.2, -0.15) is 17.0 Å². The van der Waals surface area contributed by atoms with Crippen molar-refractivity contribution < 1.29 is 37.2 Å². The fourth-order valence-electron chi connectivity index (χ4n) is 4.21. The molecule has 5 N–H and O–H groups in total. The molecular weight excluding hydrogens is 445 g/mol. The average Bonchev–Trinajstić information content (AvgIpc) is 3.02. The second-order valence-electron chi connectivity index (χ2n) is 8.30. The molecule has 15 heteroatoms. The molecule has 0 aromatic carbocycles. The summed E-state index contributed by atoms with van der Waals surface area (Å²) in [4.78, 5) is 35.2. The van der Waals surface area contributed by atoms with Gasteiger partial charge in [0.1, 0.15) is 5.54 Å². The van der Waals surface area contributed by atoms with E-state index in [1.54, 1.807) is 6.92 Å². The van der Waals surface area contributed by atoms with E-state index in [4.69, 9.17) is 15.0 Å². The first-order valence-corrected chi connectivity index (χ1v) is 12.1. The van der Waals surface area contributed by atoms with Crippen molar-refractivity contribution in [2.45, 2.75) is 37.7 Å². The lowest BCUT2D eigenvalue weighted by Gasteiger charge is -2.38. The quantitative estimate of drug-likeness (QED) is 0.253. The van der Waals surface area contributed by atoms with Crippen molar-refractivity contribution >= 4 is 35.2 Å². The minimum atomic E-state index is -3.88. The number of likely N-dealkylation sites (N-methyl/N-ethyl adjacent to an activating group) is 1. The third-order valence-corrected chi connectivity index (χ3v) is 8.23. The molecule has 3 saturated heterocycles. The molecule has 0 bridgehead atoms. The van der Waals surface area contributed by atoms with Crippen LogP contribution in [0.4, 0.5) is 0 Å². The second kappa shape index (κ2) is 10.0. The van der Waals surface area contributed by atoms with Gasteiger partial charge in [0.05, 0.1) is 19.1 Å². The lowest BCUT2D eigenvalue weighted by Crippen LogP contribution is -2.61. The number of hydrogen-bond acceptors (Lipinski definition) is 10. The SMILES string of the molecule is CCN(C1CNC1)S(=O)(=O)N1C[C@H](CCCB2OC(=O)CNCC(=O)O2)[C@](N)(C(=O)O)C1. The fraction of sp³-hybridized carbons (Fsp3) is 0.824. The van der Waals surface area contributed by atoms with E-state index in [1.165, 1.54) is 4.31 Å². The second-order valence-corrected chi connectivity index (χ2v) is 10.2. The summed E-state index contributed by atoms with van der Waals surface area (Å²) >= 11 is 0. The molecule has 0 aromatic heterocycles. The molecular formula is C17H30BN5O8S. The third kappa shape index (κ3) is 5.23. The summed E-state index contributed by atoms with van der Waals surface area (Å²) in [6.45, 7) is 2.52. The van der Waals surface area contributed by atoms with Gasteiger partial charge in [-0.15, -0.1) is 0 Å². The van der Waals surface area contributed by atoms with Gasteiger partial charge < -0.3 is 25.5 Å². The Kier molecular flexibility index (Phi) is 7.78. The number of carbonyl (C=O) groups excluding carboxylic acids is 2. The summed E-state index contributed by atoms with van der Waals surface area (Å²) in [5.41, 5.74) is 4.44. The minimum absolute atomic E-state index is 0.0318. The van der Waals surface area contributed by atoms with Gasteiger partial charge in [0.15, 0.2) is 0 Å². The fourth-order valence-corrected chi connectivity index (χ4v) is 6.11. The Morgan fingerprint density at radius 2 is 1.91 bits per heavy atom. The number of aliphatic carboxylic acids is 1. The van der Waals surface area contributed by atoms with Crippen LogP contribution in [-0.4, -0.2) is 105 Å². The van der Waals surface area contributed by atoms with Crippen LogP contribution in [0.5, 0.6) is 0 Å². The van der Waals surface area contributed by atoms with Crippen LogP contribution in [0.3, 0.4) is 0 Å². The molecule has 3 aliphatic rings. The number of carboxylic acid groups (broad SMARTS) is 1. The van der Waals surface area contributed by atoms with Crippen molar-refractivity contribution in [2.24, 2.45) is 11.7 Å². The molecule has 0 aromatic rings. The molecule has 0 saturated carbocycles. The first kappa shape index (κ1) is 24.9. The summed E-state index contributed by atoms with van der Waals surface area (Å²) < 4.78 is 39.0. The van der Waals surface area contributed by atoms with Gasteiger partial charge >= 0.3 is 25.0 Å². The van der Waals surface area contributed by atoms with E-state index >= 15 is 0 Å². The van der Waals surface area contributed by atoms with Crippen LogP contribution in [0, 0.1) is 5.92 Å². The molecule has 2 atom stereocenters. The van der Waals surface area contributed by atoms with E-state index in [-0.39, 0.29) is 51.5 Å². The van der Waals surface area contributed by atoms with Crippen LogP contribution >= 0.6 is 0 Å². The van der Waals surface area contributed by atoms with Gasteiger partial charge in [-0.1, -0.05) is 13.3 Å². The average molecular weight is 475 g/mol. The van der Waals surface area contributed by atoms with Gasteiger partial charge in [-0.3, -0.25) is 19.7 Å². The number of nitrogens with two attached hydrogens (primary N) is 1. The van der Waals surface area contributed by atoms with Crippen LogP contribution < -0.4 is 16.4 Å². The van der Waals surface area contributed by atoms with E-state index in [0.717, 1.165) is 4.31 Å². The molecule has 0 unspecified atom stereocenters. The molecule has 0 radical (unpaired) electrons. The Morgan fingerprint density at radius 1 is 1.28 bits per heavy atom. The van der Waals surface area contributed by atoms with Crippen molar-refractivity contribution in [3.8, 4) is 0 Å². The van der Waals surface area contributed by atoms with Crippen molar-refractivity contribution in [2.75, 3.05) is 45.8 Å². The highest BCUT2D eigenvalue weighted by molar-refractivity contribution is 7.86. The van der Waals surface area contributed by atoms with Crippen molar-refractivity contribution in [1.29, 1.82) is 0 Å². The number of nitrogens with one attached hydrogen (secondary N) is 2. The lowest BCUT2D eigenvalue weighted by atomic mass is 9.77. The predicted molar refractivity (Wildman–Crippen MR) is 112 cm³/mol. The smallest absolute Gasteiger partial charge is 0.498 e. The van der Waals surface area contributed by atoms with Crippen molar-refractivity contribution in [3.63, 3.8) is 0 Å². The van der Waals surface area contributed by atoms with E-state index < -0.39 is 46.7 Å². The van der Waals surface area contributed by atoms with Gasteiger partial charge in [0.25, 0.3) is 10.2 Å². The standard InChI is InChI=1S/C17H30BN5O8S/c1-2-23(13-6-20-7-13)32(28,29)22-10-12(17(19,11-22)16(26)27)4-3-5-18-30-14(24)8-21-9-15(25)31-18/h12-13,20-21H,2-11,19H2,1H3,(H,26,27)/t12-,17-/m0/s1. The highest BCUT2D eigenvalue weighted by atomic mass is 32.2.